The van der Waals surface area contributed by atoms with Crippen LogP contribution in [-0.4, -0.2) is 29.7 Å². The molecule has 0 bridgehead atoms. The lowest BCUT2D eigenvalue weighted by atomic mass is 10.2. The van der Waals surface area contributed by atoms with Gasteiger partial charge in [-0.25, -0.2) is 4.79 Å². The van der Waals surface area contributed by atoms with Gasteiger partial charge in [0, 0.05) is 23.5 Å². The predicted molar refractivity (Wildman–Crippen MR) is 104 cm³/mol. The number of esters is 1. The van der Waals surface area contributed by atoms with Gasteiger partial charge in [0.05, 0.1) is 5.69 Å². The molecule has 0 atom stereocenters. The molecule has 8 heteroatoms. The molecular formula is C21H22F2N2O4. The van der Waals surface area contributed by atoms with Crippen molar-refractivity contribution in [2.24, 2.45) is 0 Å². The van der Waals surface area contributed by atoms with Crippen LogP contribution >= 0.6 is 0 Å². The van der Waals surface area contributed by atoms with Crippen molar-refractivity contribution in [2.45, 2.75) is 39.3 Å². The first kappa shape index (κ1) is 20.6. The second-order valence-corrected chi connectivity index (χ2v) is 6.79. The van der Waals surface area contributed by atoms with Crippen LogP contribution in [-0.2, 0) is 14.3 Å². The Morgan fingerprint density at radius 2 is 2.00 bits per heavy atom. The number of carbonyl (C=O) groups excluding carboxylic acids is 2. The average Bonchev–Trinajstić information content (AvgIpc) is 3.45. The van der Waals surface area contributed by atoms with Gasteiger partial charge in [0.1, 0.15) is 5.75 Å². The predicted octanol–water partition coefficient (Wildman–Crippen LogP) is 4.24. The Kier molecular flexibility index (Phi) is 6.31. The highest BCUT2D eigenvalue weighted by Gasteiger charge is 2.26. The SMILES string of the molecule is Cc1cc(/C=C/C(=O)OCC(=O)Nc2ccccc2OC(F)F)c(C)n1C1CC1. The van der Waals surface area contributed by atoms with Crippen LogP contribution in [0.1, 0.15) is 35.8 Å². The molecule has 2 aromatic rings. The number of hydrogen-bond acceptors (Lipinski definition) is 4. The van der Waals surface area contributed by atoms with Gasteiger partial charge in [0.15, 0.2) is 6.61 Å². The lowest BCUT2D eigenvalue weighted by molar-refractivity contribution is -0.142. The van der Waals surface area contributed by atoms with Gasteiger partial charge >= 0.3 is 12.6 Å². The Balaban J connectivity index is 1.53. The van der Waals surface area contributed by atoms with Crippen molar-refractivity contribution in [1.29, 1.82) is 0 Å². The molecule has 1 saturated carbocycles. The summed E-state index contributed by atoms with van der Waals surface area (Å²) in [6.07, 6.45) is 5.26. The first-order valence-corrected chi connectivity index (χ1v) is 9.22. The second-order valence-electron chi connectivity index (χ2n) is 6.79. The van der Waals surface area contributed by atoms with Gasteiger partial charge in [-0.1, -0.05) is 12.1 Å². The van der Waals surface area contributed by atoms with Gasteiger partial charge in [0.2, 0.25) is 0 Å². The quantitative estimate of drug-likeness (QED) is 0.528. The van der Waals surface area contributed by atoms with E-state index in [0.717, 1.165) is 17.0 Å². The number of ether oxygens (including phenoxy) is 2. The lowest BCUT2D eigenvalue weighted by Gasteiger charge is -2.11. The third kappa shape index (κ3) is 5.43. The van der Waals surface area contributed by atoms with Gasteiger partial charge in [-0.05, 0) is 56.5 Å². The topological polar surface area (TPSA) is 69.6 Å². The molecule has 0 aliphatic heterocycles. The molecule has 0 unspecified atom stereocenters. The van der Waals surface area contributed by atoms with E-state index >= 15 is 0 Å². The minimum Gasteiger partial charge on any atom is -0.452 e. The summed E-state index contributed by atoms with van der Waals surface area (Å²) in [6, 6.07) is 8.31. The monoisotopic (exact) mass is 404 g/mol. The number of anilines is 1. The lowest BCUT2D eigenvalue weighted by Crippen LogP contribution is -2.20. The molecule has 0 radical (unpaired) electrons. The van der Waals surface area contributed by atoms with E-state index in [4.69, 9.17) is 4.74 Å². The highest BCUT2D eigenvalue weighted by molar-refractivity contribution is 5.95. The van der Waals surface area contributed by atoms with Crippen LogP contribution in [0.25, 0.3) is 6.08 Å². The maximum Gasteiger partial charge on any atom is 0.387 e. The molecule has 1 N–H and O–H groups in total. The number of rotatable bonds is 8. The number of benzene rings is 1. The average molecular weight is 404 g/mol. The highest BCUT2D eigenvalue weighted by Crippen LogP contribution is 2.38. The fraction of sp³-hybridized carbons (Fsp3) is 0.333. The Morgan fingerprint density at radius 3 is 2.69 bits per heavy atom. The molecule has 0 saturated heterocycles. The Morgan fingerprint density at radius 1 is 1.28 bits per heavy atom. The van der Waals surface area contributed by atoms with E-state index < -0.39 is 25.1 Å². The summed E-state index contributed by atoms with van der Waals surface area (Å²) in [4.78, 5) is 23.9. The van der Waals surface area contributed by atoms with Crippen LogP contribution in [0.4, 0.5) is 14.5 Å². The molecule has 1 aromatic heterocycles. The third-order valence-electron chi connectivity index (χ3n) is 4.56. The number of alkyl halides is 2. The summed E-state index contributed by atoms with van der Waals surface area (Å²) < 4.78 is 36.3. The summed E-state index contributed by atoms with van der Waals surface area (Å²) in [5.74, 6) is -1.51. The van der Waals surface area contributed by atoms with Crippen molar-refractivity contribution < 1.29 is 27.8 Å². The van der Waals surface area contributed by atoms with Crippen molar-refractivity contribution in [3.8, 4) is 5.75 Å². The summed E-state index contributed by atoms with van der Waals surface area (Å²) in [5, 5.41) is 2.38. The molecular weight excluding hydrogens is 382 g/mol. The summed E-state index contributed by atoms with van der Waals surface area (Å²) in [5.41, 5.74) is 3.22. The third-order valence-corrected chi connectivity index (χ3v) is 4.56. The van der Waals surface area contributed by atoms with Gasteiger partial charge in [-0.3, -0.25) is 4.79 Å². The second kappa shape index (κ2) is 8.89. The number of nitrogens with zero attached hydrogens (tertiary/aromatic N) is 1. The van der Waals surface area contributed by atoms with Gasteiger partial charge in [-0.15, -0.1) is 0 Å². The van der Waals surface area contributed by atoms with Crippen LogP contribution < -0.4 is 10.1 Å². The Labute approximate surface area is 167 Å². The standard InChI is InChI=1S/C21H22F2N2O4/c1-13-11-15(14(2)25(13)16-8-9-16)7-10-20(27)28-12-19(26)24-17-5-3-4-6-18(17)29-21(22)23/h3-7,10-11,16,21H,8-9,12H2,1-2H3,(H,24,26)/b10-7+. The Bertz CT molecular complexity index is 933. The number of hydrogen-bond donors (Lipinski definition) is 1. The van der Waals surface area contributed by atoms with E-state index in [1.165, 1.54) is 37.1 Å². The van der Waals surface area contributed by atoms with Crippen molar-refractivity contribution >= 4 is 23.6 Å². The molecule has 1 aliphatic rings. The molecule has 29 heavy (non-hydrogen) atoms. The molecule has 1 fully saturated rings. The largest absolute Gasteiger partial charge is 0.452 e. The zero-order valence-electron chi connectivity index (χ0n) is 16.2. The van der Waals surface area contributed by atoms with E-state index in [-0.39, 0.29) is 11.4 Å². The smallest absolute Gasteiger partial charge is 0.387 e. The van der Waals surface area contributed by atoms with Crippen molar-refractivity contribution in [1.82, 2.24) is 4.57 Å². The van der Waals surface area contributed by atoms with Crippen molar-refractivity contribution in [3.05, 3.63) is 53.4 Å². The molecule has 1 aliphatic carbocycles. The van der Waals surface area contributed by atoms with Crippen LogP contribution in [0.15, 0.2) is 36.4 Å². The fourth-order valence-electron chi connectivity index (χ4n) is 3.16. The van der Waals surface area contributed by atoms with Crippen LogP contribution in [0, 0.1) is 13.8 Å². The summed E-state index contributed by atoms with van der Waals surface area (Å²) >= 11 is 0. The number of aryl methyl sites for hydroxylation is 1. The molecule has 3 rings (SSSR count). The highest BCUT2D eigenvalue weighted by atomic mass is 19.3. The molecule has 6 nitrogen and oxygen atoms in total. The van der Waals surface area contributed by atoms with E-state index in [0.29, 0.717) is 6.04 Å². The maximum atomic E-state index is 12.4. The minimum absolute atomic E-state index is 0.0666. The number of amides is 1. The molecule has 1 aromatic carbocycles. The fourth-order valence-corrected chi connectivity index (χ4v) is 3.16. The minimum atomic E-state index is -3.02. The first-order valence-electron chi connectivity index (χ1n) is 9.22. The maximum absolute atomic E-state index is 12.4. The van der Waals surface area contributed by atoms with E-state index in [1.54, 1.807) is 12.1 Å². The zero-order chi connectivity index (χ0) is 21.0. The number of halogens is 2. The van der Waals surface area contributed by atoms with E-state index in [9.17, 15) is 18.4 Å². The number of nitrogens with one attached hydrogen (secondary N) is 1. The molecule has 0 spiro atoms. The van der Waals surface area contributed by atoms with Crippen molar-refractivity contribution in [2.75, 3.05) is 11.9 Å². The van der Waals surface area contributed by atoms with Gasteiger partial charge in [-0.2, -0.15) is 8.78 Å². The van der Waals surface area contributed by atoms with Crippen LogP contribution in [0.5, 0.6) is 5.75 Å². The summed E-state index contributed by atoms with van der Waals surface area (Å²) in [7, 11) is 0. The molecule has 1 heterocycles. The van der Waals surface area contributed by atoms with E-state index in [2.05, 4.69) is 14.6 Å². The van der Waals surface area contributed by atoms with Crippen LogP contribution in [0.3, 0.4) is 0 Å². The number of aromatic nitrogens is 1. The van der Waals surface area contributed by atoms with Crippen molar-refractivity contribution in [3.63, 3.8) is 0 Å². The van der Waals surface area contributed by atoms with Gasteiger partial charge in [0.25, 0.3) is 5.91 Å². The zero-order valence-corrected chi connectivity index (χ0v) is 16.2. The normalized spacial score (nSPS) is 13.7. The van der Waals surface area contributed by atoms with Gasteiger partial charge < -0.3 is 19.4 Å². The molecule has 1 amide bonds. The number of para-hydroxylation sites is 2. The molecule has 154 valence electrons. The number of carbonyl (C=O) groups is 2. The van der Waals surface area contributed by atoms with E-state index in [1.807, 2.05) is 19.9 Å². The van der Waals surface area contributed by atoms with Crippen LogP contribution in [0.2, 0.25) is 0 Å². The first-order chi connectivity index (χ1) is 13.8. The summed E-state index contributed by atoms with van der Waals surface area (Å²) in [6.45, 7) is 0.467. The Hall–Kier alpha value is -3.16.